The molecule has 0 spiro atoms. The summed E-state index contributed by atoms with van der Waals surface area (Å²) in [6.45, 7) is 5.66. The second-order valence-electron chi connectivity index (χ2n) is 8.58. The minimum Gasteiger partial charge on any atom is -0.390 e. The molecule has 0 bridgehead atoms. The van der Waals surface area contributed by atoms with Gasteiger partial charge in [0, 0.05) is 30.7 Å². The van der Waals surface area contributed by atoms with E-state index in [0.29, 0.717) is 16.2 Å². The quantitative estimate of drug-likeness (QED) is 0.817. The standard InChI is InChI=1S/C21H27ClN4O2/c1-21(2,28)15-4-6-16(7-5-15)24-20(27)14-10-13-11-17(22)19(26-8-3-9-26)25-18(13)23-12-14/h10-12,15-16,28H,3-9H2,1-2H3,(H,24,27)/t15-,16-. The first-order valence-corrected chi connectivity index (χ1v) is 10.4. The minimum absolute atomic E-state index is 0.121. The van der Waals surface area contributed by atoms with Gasteiger partial charge in [-0.05, 0) is 64.0 Å². The van der Waals surface area contributed by atoms with Crippen LogP contribution in [0.5, 0.6) is 0 Å². The van der Waals surface area contributed by atoms with E-state index in [0.717, 1.165) is 56.4 Å². The predicted molar refractivity (Wildman–Crippen MR) is 111 cm³/mol. The summed E-state index contributed by atoms with van der Waals surface area (Å²) in [6.07, 6.45) is 6.34. The smallest absolute Gasteiger partial charge is 0.253 e. The van der Waals surface area contributed by atoms with E-state index in [-0.39, 0.29) is 17.9 Å². The number of hydrogen-bond acceptors (Lipinski definition) is 5. The third-order valence-corrected chi connectivity index (χ3v) is 6.36. The molecule has 150 valence electrons. The van der Waals surface area contributed by atoms with Crippen LogP contribution in [0.3, 0.4) is 0 Å². The Morgan fingerprint density at radius 2 is 1.96 bits per heavy atom. The van der Waals surface area contributed by atoms with Gasteiger partial charge in [-0.3, -0.25) is 4.79 Å². The van der Waals surface area contributed by atoms with Gasteiger partial charge in [-0.1, -0.05) is 11.6 Å². The average molecular weight is 403 g/mol. The zero-order valence-corrected chi connectivity index (χ0v) is 17.2. The number of nitrogens with zero attached hydrogens (tertiary/aromatic N) is 3. The van der Waals surface area contributed by atoms with E-state index in [1.807, 2.05) is 19.9 Å². The van der Waals surface area contributed by atoms with Gasteiger partial charge in [0.25, 0.3) is 5.91 Å². The van der Waals surface area contributed by atoms with Gasteiger partial charge < -0.3 is 15.3 Å². The molecule has 2 N–H and O–H groups in total. The fourth-order valence-electron chi connectivity index (χ4n) is 4.12. The van der Waals surface area contributed by atoms with Crippen molar-refractivity contribution in [3.8, 4) is 0 Å². The van der Waals surface area contributed by atoms with Crippen LogP contribution in [-0.4, -0.2) is 45.7 Å². The second-order valence-corrected chi connectivity index (χ2v) is 8.99. The molecule has 1 aliphatic carbocycles. The van der Waals surface area contributed by atoms with Crippen molar-refractivity contribution in [1.29, 1.82) is 0 Å². The Labute approximate surface area is 170 Å². The van der Waals surface area contributed by atoms with E-state index in [1.165, 1.54) is 0 Å². The van der Waals surface area contributed by atoms with E-state index in [4.69, 9.17) is 11.6 Å². The topological polar surface area (TPSA) is 78.3 Å². The lowest BCUT2D eigenvalue weighted by Gasteiger charge is -2.36. The number of pyridine rings is 2. The number of carbonyl (C=O) groups excluding carboxylic acids is 1. The van der Waals surface area contributed by atoms with Crippen molar-refractivity contribution in [3.05, 3.63) is 28.9 Å². The fourth-order valence-corrected chi connectivity index (χ4v) is 4.40. The highest BCUT2D eigenvalue weighted by molar-refractivity contribution is 6.33. The van der Waals surface area contributed by atoms with Crippen LogP contribution in [0.1, 0.15) is 56.3 Å². The number of hydrogen-bond donors (Lipinski definition) is 2. The molecule has 7 heteroatoms. The first kappa shape index (κ1) is 19.4. The van der Waals surface area contributed by atoms with Crippen LogP contribution in [0, 0.1) is 5.92 Å². The number of carbonyl (C=O) groups is 1. The molecule has 6 nitrogen and oxygen atoms in total. The van der Waals surface area contributed by atoms with Crippen LogP contribution in [0.2, 0.25) is 5.02 Å². The molecule has 1 saturated heterocycles. The van der Waals surface area contributed by atoms with Crippen LogP contribution in [0.4, 0.5) is 5.82 Å². The van der Waals surface area contributed by atoms with E-state index in [1.54, 1.807) is 12.3 Å². The predicted octanol–water partition coefficient (Wildman–Crippen LogP) is 3.55. The third kappa shape index (κ3) is 3.94. The first-order valence-electron chi connectivity index (χ1n) is 10.1. The van der Waals surface area contributed by atoms with Gasteiger partial charge in [0.2, 0.25) is 0 Å². The summed E-state index contributed by atoms with van der Waals surface area (Å²) in [4.78, 5) is 23.8. The average Bonchev–Trinajstić information content (AvgIpc) is 2.60. The fraction of sp³-hybridized carbons (Fsp3) is 0.571. The number of nitrogens with one attached hydrogen (secondary N) is 1. The Morgan fingerprint density at radius 3 is 2.57 bits per heavy atom. The van der Waals surface area contributed by atoms with E-state index in [9.17, 15) is 9.90 Å². The molecule has 0 radical (unpaired) electrons. The molecule has 2 aromatic heterocycles. The molecule has 2 aromatic rings. The van der Waals surface area contributed by atoms with Crippen molar-refractivity contribution in [2.45, 2.75) is 57.6 Å². The zero-order valence-electron chi connectivity index (χ0n) is 16.4. The first-order chi connectivity index (χ1) is 13.3. The molecule has 3 heterocycles. The number of aliphatic hydroxyl groups is 1. The normalized spacial score (nSPS) is 22.8. The van der Waals surface area contributed by atoms with E-state index < -0.39 is 5.60 Å². The summed E-state index contributed by atoms with van der Waals surface area (Å²) in [5.41, 5.74) is 0.471. The SMILES string of the molecule is CC(C)(O)[C@H]1CC[C@H](NC(=O)c2cnc3nc(N4CCC4)c(Cl)cc3c2)CC1. The molecule has 2 fully saturated rings. The van der Waals surface area contributed by atoms with Crippen molar-refractivity contribution < 1.29 is 9.90 Å². The van der Waals surface area contributed by atoms with Crippen molar-refractivity contribution in [2.75, 3.05) is 18.0 Å². The van der Waals surface area contributed by atoms with Crippen LogP contribution >= 0.6 is 11.6 Å². The number of aromatic nitrogens is 2. The summed E-state index contributed by atoms with van der Waals surface area (Å²) >= 11 is 6.40. The Morgan fingerprint density at radius 1 is 1.25 bits per heavy atom. The molecule has 4 rings (SSSR count). The van der Waals surface area contributed by atoms with Crippen molar-refractivity contribution in [3.63, 3.8) is 0 Å². The Bertz CT molecular complexity index is 884. The summed E-state index contributed by atoms with van der Waals surface area (Å²) in [6, 6.07) is 3.78. The second kappa shape index (κ2) is 7.48. The number of fused-ring (bicyclic) bond motifs is 1. The molecule has 2 aliphatic rings. The number of anilines is 1. The summed E-state index contributed by atoms with van der Waals surface area (Å²) in [7, 11) is 0. The van der Waals surface area contributed by atoms with Gasteiger partial charge >= 0.3 is 0 Å². The van der Waals surface area contributed by atoms with Gasteiger partial charge in [-0.15, -0.1) is 0 Å². The summed E-state index contributed by atoms with van der Waals surface area (Å²) in [5, 5.41) is 14.6. The van der Waals surface area contributed by atoms with E-state index >= 15 is 0 Å². The lowest BCUT2D eigenvalue weighted by molar-refractivity contribution is -0.00257. The molecule has 1 saturated carbocycles. The molecule has 28 heavy (non-hydrogen) atoms. The monoisotopic (exact) mass is 402 g/mol. The molecule has 1 amide bonds. The zero-order chi connectivity index (χ0) is 19.9. The largest absolute Gasteiger partial charge is 0.390 e. The summed E-state index contributed by atoms with van der Waals surface area (Å²) < 4.78 is 0. The highest BCUT2D eigenvalue weighted by Gasteiger charge is 2.32. The Balaban J connectivity index is 1.44. The highest BCUT2D eigenvalue weighted by Crippen LogP contribution is 2.33. The summed E-state index contributed by atoms with van der Waals surface area (Å²) in [5.74, 6) is 0.939. The molecule has 0 aromatic carbocycles. The van der Waals surface area contributed by atoms with Gasteiger partial charge in [0.15, 0.2) is 5.65 Å². The number of halogens is 1. The number of amides is 1. The lowest BCUT2D eigenvalue weighted by Crippen LogP contribution is -2.41. The van der Waals surface area contributed by atoms with Gasteiger partial charge in [0.1, 0.15) is 5.82 Å². The van der Waals surface area contributed by atoms with Gasteiger partial charge in [0.05, 0.1) is 16.2 Å². The maximum absolute atomic E-state index is 12.7. The highest BCUT2D eigenvalue weighted by atomic mass is 35.5. The van der Waals surface area contributed by atoms with Crippen molar-refractivity contribution in [2.24, 2.45) is 5.92 Å². The minimum atomic E-state index is -0.654. The van der Waals surface area contributed by atoms with Crippen LogP contribution in [-0.2, 0) is 0 Å². The van der Waals surface area contributed by atoms with Crippen LogP contribution < -0.4 is 10.2 Å². The maximum Gasteiger partial charge on any atom is 0.253 e. The molecule has 0 unspecified atom stereocenters. The molecular weight excluding hydrogens is 376 g/mol. The number of rotatable bonds is 4. The Hall–Kier alpha value is -1.92. The van der Waals surface area contributed by atoms with E-state index in [2.05, 4.69) is 20.2 Å². The van der Waals surface area contributed by atoms with Gasteiger partial charge in [-0.25, -0.2) is 9.97 Å². The maximum atomic E-state index is 12.7. The third-order valence-electron chi connectivity index (χ3n) is 6.08. The Kier molecular flexibility index (Phi) is 5.19. The lowest BCUT2D eigenvalue weighted by atomic mass is 9.77. The van der Waals surface area contributed by atoms with Crippen molar-refractivity contribution in [1.82, 2.24) is 15.3 Å². The molecule has 1 aliphatic heterocycles. The molecule has 0 atom stereocenters. The van der Waals surface area contributed by atoms with Gasteiger partial charge in [-0.2, -0.15) is 0 Å². The van der Waals surface area contributed by atoms with Crippen molar-refractivity contribution >= 4 is 34.4 Å². The van der Waals surface area contributed by atoms with Crippen LogP contribution in [0.25, 0.3) is 11.0 Å². The van der Waals surface area contributed by atoms with Crippen LogP contribution in [0.15, 0.2) is 18.3 Å². The molecular formula is C21H27ClN4O2.